The number of nitro groups is 1. The zero-order chi connectivity index (χ0) is 48.0. The van der Waals surface area contributed by atoms with Crippen LogP contribution in [0.3, 0.4) is 0 Å². The molecule has 0 spiro atoms. The highest BCUT2D eigenvalue weighted by Gasteiger charge is 2.31. The number of amides is 2. The molecule has 0 radical (unpaired) electrons. The van der Waals surface area contributed by atoms with Crippen molar-refractivity contribution in [1.82, 2.24) is 4.90 Å². The van der Waals surface area contributed by atoms with Gasteiger partial charge in [-0.05, 0) is 116 Å². The number of piperidine rings is 1. The van der Waals surface area contributed by atoms with E-state index in [1.807, 2.05) is 60.7 Å². The third-order valence-electron chi connectivity index (χ3n) is 11.9. The maximum Gasteiger partial charge on any atom is 0.269 e. The van der Waals surface area contributed by atoms with Gasteiger partial charge in [0.1, 0.15) is 0 Å². The van der Waals surface area contributed by atoms with Crippen molar-refractivity contribution in [2.75, 3.05) is 44.7 Å². The number of carbonyl (C=O) groups is 2. The molecule has 0 unspecified atom stereocenters. The van der Waals surface area contributed by atoms with Gasteiger partial charge in [-0.25, -0.2) is 16.8 Å². The van der Waals surface area contributed by atoms with Crippen molar-refractivity contribution in [2.24, 2.45) is 0 Å². The molecule has 0 atom stereocenters. The summed E-state index contributed by atoms with van der Waals surface area (Å²) < 4.78 is 53.5. The summed E-state index contributed by atoms with van der Waals surface area (Å²) in [5, 5.41) is 16.8. The molecule has 0 aliphatic carbocycles. The van der Waals surface area contributed by atoms with E-state index in [-0.39, 0.29) is 29.0 Å². The predicted molar refractivity (Wildman–Crippen MR) is 270 cm³/mol. The van der Waals surface area contributed by atoms with Crippen molar-refractivity contribution in [3.8, 4) is 0 Å². The SMILES string of the molecule is CCS(=O)(=O)Nc1ccc2c(c1)/C(=C(\c1ccccc1)c1ccc(CN3CCCCC3)cc1)C(=O)N2.CCS(=O)(=O)Nc1ccc2c(c1)C(=C(c1ccccc1)c1ccc([N+](=O)[O-])cc1)C(=O)N2. The summed E-state index contributed by atoms with van der Waals surface area (Å²) in [5.41, 5.74) is 10.0. The first-order chi connectivity index (χ1) is 32.7. The molecule has 0 aromatic heterocycles. The molecule has 3 aliphatic heterocycles. The number of nitrogens with zero attached hydrogens (tertiary/aromatic N) is 2. The molecule has 14 nitrogen and oxygen atoms in total. The molecule has 1 saturated heterocycles. The number of nitro benzene ring substituents is 1. The van der Waals surface area contributed by atoms with Gasteiger partial charge in [-0.2, -0.15) is 0 Å². The Kier molecular flexibility index (Phi) is 14.0. The molecule has 3 heterocycles. The first-order valence-electron chi connectivity index (χ1n) is 22.3. The molecular formula is C52H50N6O8S2. The Morgan fingerprint density at radius 2 is 0.985 bits per heavy atom. The quantitative estimate of drug-likeness (QED) is 0.0495. The molecule has 68 heavy (non-hydrogen) atoms. The van der Waals surface area contributed by atoms with Gasteiger partial charge < -0.3 is 10.6 Å². The average molecular weight is 951 g/mol. The normalized spacial score (nSPS) is 16.0. The van der Waals surface area contributed by atoms with E-state index in [1.54, 1.807) is 55.5 Å². The van der Waals surface area contributed by atoms with E-state index in [4.69, 9.17) is 0 Å². The number of nitrogens with one attached hydrogen (secondary N) is 4. The van der Waals surface area contributed by atoms with Gasteiger partial charge in [0, 0.05) is 63.7 Å². The zero-order valence-corrected chi connectivity index (χ0v) is 39.1. The van der Waals surface area contributed by atoms with E-state index in [0.717, 1.165) is 41.9 Å². The van der Waals surface area contributed by atoms with E-state index < -0.39 is 25.0 Å². The standard InChI is InChI=1S/C29H31N3O3S.C23H19N3O5S/c1-2-36(34,35)31-24-15-16-26-25(19-24)28(29(33)30-26)27(22-9-5-3-6-10-22)23-13-11-21(12-14-23)20-32-17-7-4-8-18-32;1-2-32(30,31)25-17-10-13-20-19(14-17)22(23(27)24-20)21(15-6-4-3-5-7-15)16-8-11-18(12-9-16)26(28)29/h3,5-6,9-16,19,31H,2,4,7-8,17-18,20H2,1H3,(H,30,33);3-14,25H,2H2,1H3,(H,24,27)/b28-27-;. The lowest BCUT2D eigenvalue weighted by Crippen LogP contribution is -2.29. The fourth-order valence-electron chi connectivity index (χ4n) is 8.48. The van der Waals surface area contributed by atoms with Crippen molar-refractivity contribution < 1.29 is 31.3 Å². The molecule has 16 heteroatoms. The Morgan fingerprint density at radius 1 is 0.574 bits per heavy atom. The monoisotopic (exact) mass is 950 g/mol. The first kappa shape index (κ1) is 47.1. The highest BCUT2D eigenvalue weighted by Crippen LogP contribution is 2.43. The Hall–Kier alpha value is -7.40. The summed E-state index contributed by atoms with van der Waals surface area (Å²) in [7, 11) is -6.93. The molecule has 0 saturated carbocycles. The fourth-order valence-corrected chi connectivity index (χ4v) is 9.74. The van der Waals surface area contributed by atoms with Crippen LogP contribution in [0.5, 0.6) is 0 Å². The van der Waals surface area contributed by atoms with Crippen molar-refractivity contribution in [1.29, 1.82) is 0 Å². The Morgan fingerprint density at radius 3 is 1.40 bits per heavy atom. The van der Waals surface area contributed by atoms with E-state index in [9.17, 15) is 36.5 Å². The first-order valence-corrected chi connectivity index (χ1v) is 25.6. The predicted octanol–water partition coefficient (Wildman–Crippen LogP) is 9.61. The van der Waals surface area contributed by atoms with E-state index >= 15 is 0 Å². The van der Waals surface area contributed by atoms with Crippen LogP contribution in [0.25, 0.3) is 22.3 Å². The molecule has 9 rings (SSSR count). The van der Waals surface area contributed by atoms with Gasteiger partial charge in [-0.15, -0.1) is 0 Å². The number of hydrogen-bond acceptors (Lipinski definition) is 9. The molecular weight excluding hydrogens is 901 g/mol. The summed E-state index contributed by atoms with van der Waals surface area (Å²) in [5.74, 6) is -0.644. The number of likely N-dealkylation sites (tertiary alicyclic amines) is 1. The van der Waals surface area contributed by atoms with Crippen LogP contribution in [-0.4, -0.2) is 63.1 Å². The van der Waals surface area contributed by atoms with Crippen molar-refractivity contribution in [2.45, 2.75) is 39.7 Å². The molecule has 2 amide bonds. The third-order valence-corrected chi connectivity index (χ3v) is 14.5. The van der Waals surface area contributed by atoms with Gasteiger partial charge in [0.15, 0.2) is 0 Å². The summed E-state index contributed by atoms with van der Waals surface area (Å²) >= 11 is 0. The van der Waals surface area contributed by atoms with Crippen LogP contribution in [0.4, 0.5) is 28.4 Å². The second-order valence-corrected chi connectivity index (χ2v) is 20.5. The van der Waals surface area contributed by atoms with E-state index in [1.165, 1.54) is 43.9 Å². The zero-order valence-electron chi connectivity index (χ0n) is 37.5. The molecule has 6 aromatic carbocycles. The number of fused-ring (bicyclic) bond motifs is 2. The summed E-state index contributed by atoms with van der Waals surface area (Å²) in [6.45, 7) is 6.34. The van der Waals surface area contributed by atoms with Gasteiger partial charge in [0.25, 0.3) is 17.5 Å². The smallest absolute Gasteiger partial charge is 0.269 e. The highest BCUT2D eigenvalue weighted by atomic mass is 32.2. The Balaban J connectivity index is 0.000000185. The minimum Gasteiger partial charge on any atom is -0.321 e. The number of benzene rings is 6. The van der Waals surface area contributed by atoms with Crippen LogP contribution in [-0.2, 0) is 36.2 Å². The summed E-state index contributed by atoms with van der Waals surface area (Å²) in [6.07, 6.45) is 3.83. The molecule has 4 N–H and O–H groups in total. The van der Waals surface area contributed by atoms with Crippen LogP contribution in [0, 0.1) is 10.1 Å². The van der Waals surface area contributed by atoms with Crippen LogP contribution in [0.2, 0.25) is 0 Å². The largest absolute Gasteiger partial charge is 0.321 e. The summed E-state index contributed by atoms with van der Waals surface area (Å²) in [6, 6.07) is 43.5. The fraction of sp³-hybridized carbons (Fsp3) is 0.192. The lowest BCUT2D eigenvalue weighted by molar-refractivity contribution is -0.384. The third kappa shape index (κ3) is 10.7. The minimum absolute atomic E-state index is 0.0248. The second kappa shape index (κ2) is 20.2. The summed E-state index contributed by atoms with van der Waals surface area (Å²) in [4.78, 5) is 39.4. The Labute approximate surface area is 396 Å². The number of non-ortho nitro benzene ring substituents is 1. The lowest BCUT2D eigenvalue weighted by Gasteiger charge is -2.26. The lowest BCUT2D eigenvalue weighted by atomic mass is 9.89. The van der Waals surface area contributed by atoms with E-state index in [0.29, 0.717) is 56.2 Å². The number of carbonyl (C=O) groups excluding carboxylic acids is 2. The number of sulfonamides is 2. The van der Waals surface area contributed by atoms with Gasteiger partial charge in [-0.3, -0.25) is 34.0 Å². The molecule has 348 valence electrons. The number of anilines is 4. The number of rotatable bonds is 13. The van der Waals surface area contributed by atoms with Gasteiger partial charge in [0.2, 0.25) is 20.0 Å². The Bertz CT molecular complexity index is 3170. The molecule has 3 aliphatic rings. The van der Waals surface area contributed by atoms with Crippen molar-refractivity contribution in [3.05, 3.63) is 195 Å². The molecule has 1 fully saturated rings. The van der Waals surface area contributed by atoms with E-state index in [2.05, 4.69) is 49.2 Å². The van der Waals surface area contributed by atoms with Crippen molar-refractivity contribution in [3.63, 3.8) is 0 Å². The van der Waals surface area contributed by atoms with Gasteiger partial charge >= 0.3 is 0 Å². The maximum atomic E-state index is 13.3. The second-order valence-electron chi connectivity index (χ2n) is 16.5. The van der Waals surface area contributed by atoms with Crippen LogP contribution in [0.15, 0.2) is 146 Å². The number of hydrogen-bond donors (Lipinski definition) is 4. The maximum absolute atomic E-state index is 13.3. The van der Waals surface area contributed by atoms with Gasteiger partial charge in [-0.1, -0.05) is 91.3 Å². The van der Waals surface area contributed by atoms with Crippen LogP contribution in [0.1, 0.15) is 72.1 Å². The average Bonchev–Trinajstić information content (AvgIpc) is 3.84. The van der Waals surface area contributed by atoms with Crippen LogP contribution < -0.4 is 20.1 Å². The molecule has 6 aromatic rings. The van der Waals surface area contributed by atoms with Gasteiger partial charge in [0.05, 0.1) is 27.6 Å². The topological polar surface area (TPSA) is 197 Å². The molecule has 0 bridgehead atoms. The highest BCUT2D eigenvalue weighted by molar-refractivity contribution is 7.92. The minimum atomic E-state index is -3.49. The van der Waals surface area contributed by atoms with Crippen molar-refractivity contribution >= 4 is 82.6 Å². The van der Waals surface area contributed by atoms with Crippen LogP contribution >= 0.6 is 0 Å².